The first-order chi connectivity index (χ1) is 9.70. The van der Waals surface area contributed by atoms with E-state index >= 15 is 0 Å². The van der Waals surface area contributed by atoms with Crippen molar-refractivity contribution in [1.29, 1.82) is 0 Å². The van der Waals surface area contributed by atoms with Gasteiger partial charge >= 0.3 is 0 Å². The van der Waals surface area contributed by atoms with Crippen molar-refractivity contribution in [2.24, 2.45) is 0 Å². The Morgan fingerprint density at radius 3 is 3.00 bits per heavy atom. The van der Waals surface area contributed by atoms with Gasteiger partial charge in [0.2, 0.25) is 0 Å². The van der Waals surface area contributed by atoms with Crippen LogP contribution in [0.1, 0.15) is 54.7 Å². The molecule has 3 rings (SSSR count). The van der Waals surface area contributed by atoms with Gasteiger partial charge in [-0.1, -0.05) is 6.92 Å². The SMILES string of the molecule is CCC(C)NC(=O)c1cnn2c3c(cnc12)CCCC3. The molecular weight excluding hydrogens is 252 g/mol. The molecule has 2 aromatic heterocycles. The van der Waals surface area contributed by atoms with Crippen LogP contribution in [0.5, 0.6) is 0 Å². The summed E-state index contributed by atoms with van der Waals surface area (Å²) in [5.41, 5.74) is 3.72. The predicted octanol–water partition coefficient (Wildman–Crippen LogP) is 2.14. The minimum absolute atomic E-state index is 0.0855. The summed E-state index contributed by atoms with van der Waals surface area (Å²) in [5.74, 6) is -0.0855. The Balaban J connectivity index is 2.00. The number of nitrogens with one attached hydrogen (secondary N) is 1. The molecule has 5 nitrogen and oxygen atoms in total. The van der Waals surface area contributed by atoms with E-state index in [0.29, 0.717) is 11.2 Å². The number of hydrogen-bond acceptors (Lipinski definition) is 3. The van der Waals surface area contributed by atoms with Gasteiger partial charge in [-0.15, -0.1) is 0 Å². The van der Waals surface area contributed by atoms with Crippen molar-refractivity contribution < 1.29 is 4.79 Å². The molecule has 0 spiro atoms. The molecular formula is C15H20N4O. The first kappa shape index (κ1) is 13.1. The highest BCUT2D eigenvalue weighted by Crippen LogP contribution is 2.22. The fraction of sp³-hybridized carbons (Fsp3) is 0.533. The van der Waals surface area contributed by atoms with Crippen LogP contribution in [-0.4, -0.2) is 26.5 Å². The second-order valence-electron chi connectivity index (χ2n) is 5.51. The molecule has 0 fully saturated rings. The lowest BCUT2D eigenvalue weighted by molar-refractivity contribution is 0.0940. The Morgan fingerprint density at radius 2 is 2.20 bits per heavy atom. The van der Waals surface area contributed by atoms with Crippen LogP contribution in [-0.2, 0) is 12.8 Å². The minimum Gasteiger partial charge on any atom is -0.349 e. The number of aryl methyl sites for hydroxylation is 2. The smallest absolute Gasteiger partial charge is 0.256 e. The lowest BCUT2D eigenvalue weighted by atomic mass is 9.97. The topological polar surface area (TPSA) is 59.3 Å². The predicted molar refractivity (Wildman–Crippen MR) is 76.8 cm³/mol. The number of hydrogen-bond donors (Lipinski definition) is 1. The van der Waals surface area contributed by atoms with Gasteiger partial charge in [0.15, 0.2) is 5.65 Å². The average Bonchev–Trinajstić information content (AvgIpc) is 2.91. The Kier molecular flexibility index (Phi) is 3.42. The number of fused-ring (bicyclic) bond motifs is 3. The normalized spacial score (nSPS) is 15.9. The quantitative estimate of drug-likeness (QED) is 0.931. The van der Waals surface area contributed by atoms with Crippen LogP contribution in [0.15, 0.2) is 12.4 Å². The summed E-state index contributed by atoms with van der Waals surface area (Å²) in [5, 5.41) is 7.35. The zero-order valence-electron chi connectivity index (χ0n) is 12.0. The Labute approximate surface area is 118 Å². The summed E-state index contributed by atoms with van der Waals surface area (Å²) in [6.07, 6.45) is 8.92. The standard InChI is InChI=1S/C15H20N4O/c1-3-10(2)18-15(20)12-9-17-19-13-7-5-4-6-11(13)8-16-14(12)19/h8-10H,3-7H2,1-2H3,(H,18,20). The van der Waals surface area contributed by atoms with Crippen LogP contribution >= 0.6 is 0 Å². The van der Waals surface area contributed by atoms with Crippen LogP contribution in [0.3, 0.4) is 0 Å². The summed E-state index contributed by atoms with van der Waals surface area (Å²) in [6.45, 7) is 4.05. The van der Waals surface area contributed by atoms with Gasteiger partial charge in [0.1, 0.15) is 5.56 Å². The molecule has 1 unspecified atom stereocenters. The van der Waals surface area contributed by atoms with E-state index in [2.05, 4.69) is 22.3 Å². The Bertz CT molecular complexity index is 647. The molecule has 1 N–H and O–H groups in total. The van der Waals surface area contributed by atoms with Crippen LogP contribution in [0.4, 0.5) is 0 Å². The van der Waals surface area contributed by atoms with Crippen LogP contribution in [0.25, 0.3) is 5.65 Å². The maximum absolute atomic E-state index is 12.3. The molecule has 1 aliphatic rings. The number of aromatic nitrogens is 3. The molecule has 0 saturated carbocycles. The molecule has 0 aromatic carbocycles. The second-order valence-corrected chi connectivity index (χ2v) is 5.51. The first-order valence-electron chi connectivity index (χ1n) is 7.36. The summed E-state index contributed by atoms with van der Waals surface area (Å²) in [6, 6.07) is 0.162. The fourth-order valence-corrected chi connectivity index (χ4v) is 2.66. The van der Waals surface area contributed by atoms with E-state index in [1.807, 2.05) is 17.6 Å². The van der Waals surface area contributed by atoms with Crippen molar-refractivity contribution in [3.05, 3.63) is 29.2 Å². The van der Waals surface area contributed by atoms with Crippen molar-refractivity contribution in [3.63, 3.8) is 0 Å². The molecule has 1 atom stereocenters. The van der Waals surface area contributed by atoms with Crippen molar-refractivity contribution in [2.45, 2.75) is 52.0 Å². The van der Waals surface area contributed by atoms with Gasteiger partial charge in [-0.25, -0.2) is 9.50 Å². The highest BCUT2D eigenvalue weighted by atomic mass is 16.1. The van der Waals surface area contributed by atoms with Crippen molar-refractivity contribution in [2.75, 3.05) is 0 Å². The maximum Gasteiger partial charge on any atom is 0.256 e. The number of nitrogens with zero attached hydrogens (tertiary/aromatic N) is 3. The van der Waals surface area contributed by atoms with E-state index in [4.69, 9.17) is 0 Å². The van der Waals surface area contributed by atoms with Crippen molar-refractivity contribution >= 4 is 11.6 Å². The van der Waals surface area contributed by atoms with Gasteiger partial charge in [0.25, 0.3) is 5.91 Å². The lowest BCUT2D eigenvalue weighted by Gasteiger charge is -2.16. The van der Waals surface area contributed by atoms with Crippen molar-refractivity contribution in [3.8, 4) is 0 Å². The summed E-state index contributed by atoms with van der Waals surface area (Å²) >= 11 is 0. The largest absolute Gasteiger partial charge is 0.349 e. The summed E-state index contributed by atoms with van der Waals surface area (Å²) in [7, 11) is 0. The minimum atomic E-state index is -0.0855. The zero-order chi connectivity index (χ0) is 14.1. The number of carbonyl (C=O) groups is 1. The second kappa shape index (κ2) is 5.23. The summed E-state index contributed by atoms with van der Waals surface area (Å²) in [4.78, 5) is 16.7. The molecule has 1 aliphatic carbocycles. The first-order valence-corrected chi connectivity index (χ1v) is 7.36. The molecule has 1 amide bonds. The molecule has 0 radical (unpaired) electrons. The molecule has 106 valence electrons. The van der Waals surface area contributed by atoms with E-state index in [1.54, 1.807) is 6.20 Å². The molecule has 0 saturated heterocycles. The summed E-state index contributed by atoms with van der Waals surface area (Å²) < 4.78 is 1.85. The van der Waals surface area contributed by atoms with E-state index in [9.17, 15) is 4.79 Å². The zero-order valence-corrected chi connectivity index (χ0v) is 12.0. The third kappa shape index (κ3) is 2.17. The van der Waals surface area contributed by atoms with Gasteiger partial charge in [0, 0.05) is 17.9 Å². The molecule has 2 aromatic rings. The third-order valence-electron chi connectivity index (χ3n) is 4.06. The Hall–Kier alpha value is -1.91. The van der Waals surface area contributed by atoms with Gasteiger partial charge in [0.05, 0.1) is 6.20 Å². The maximum atomic E-state index is 12.3. The number of amides is 1. The van der Waals surface area contributed by atoms with Crippen molar-refractivity contribution in [1.82, 2.24) is 19.9 Å². The van der Waals surface area contributed by atoms with E-state index in [0.717, 1.165) is 19.3 Å². The molecule has 20 heavy (non-hydrogen) atoms. The lowest BCUT2D eigenvalue weighted by Crippen LogP contribution is -2.31. The third-order valence-corrected chi connectivity index (χ3v) is 4.06. The number of rotatable bonds is 3. The van der Waals surface area contributed by atoms with E-state index in [1.165, 1.54) is 24.1 Å². The molecule has 0 bridgehead atoms. The Morgan fingerprint density at radius 1 is 1.40 bits per heavy atom. The van der Waals surface area contributed by atoms with Crippen LogP contribution in [0, 0.1) is 0 Å². The number of carbonyl (C=O) groups excluding carboxylic acids is 1. The van der Waals surface area contributed by atoms with Gasteiger partial charge in [-0.05, 0) is 44.6 Å². The van der Waals surface area contributed by atoms with Gasteiger partial charge < -0.3 is 5.32 Å². The highest BCUT2D eigenvalue weighted by molar-refractivity contribution is 5.99. The average molecular weight is 272 g/mol. The van der Waals surface area contributed by atoms with Gasteiger partial charge in [-0.3, -0.25) is 4.79 Å². The van der Waals surface area contributed by atoms with Crippen LogP contribution < -0.4 is 5.32 Å². The van der Waals surface area contributed by atoms with E-state index in [-0.39, 0.29) is 11.9 Å². The fourth-order valence-electron chi connectivity index (χ4n) is 2.66. The highest BCUT2D eigenvalue weighted by Gasteiger charge is 2.20. The van der Waals surface area contributed by atoms with Gasteiger partial charge in [-0.2, -0.15) is 5.10 Å². The van der Waals surface area contributed by atoms with Crippen LogP contribution in [0.2, 0.25) is 0 Å². The molecule has 0 aliphatic heterocycles. The molecule has 2 heterocycles. The molecule has 5 heteroatoms. The van der Waals surface area contributed by atoms with E-state index < -0.39 is 0 Å². The monoisotopic (exact) mass is 272 g/mol.